The second kappa shape index (κ2) is 3.92. The van der Waals surface area contributed by atoms with E-state index in [1.165, 1.54) is 11.1 Å². The third kappa shape index (κ3) is 1.48. The van der Waals surface area contributed by atoms with Gasteiger partial charge < -0.3 is 0 Å². The van der Waals surface area contributed by atoms with Gasteiger partial charge in [-0.2, -0.15) is 5.26 Å². The van der Waals surface area contributed by atoms with Gasteiger partial charge in [0.2, 0.25) is 0 Å². The maximum atomic E-state index is 8.82. The Morgan fingerprint density at radius 2 is 2.00 bits per heavy atom. The predicted octanol–water partition coefficient (Wildman–Crippen LogP) is 2.68. The van der Waals surface area contributed by atoms with E-state index in [1.54, 1.807) is 0 Å². The zero-order chi connectivity index (χ0) is 8.97. The Bertz CT molecular complexity index is 307. The number of hydrogen-bond acceptors (Lipinski definition) is 1. The number of aryl methyl sites for hydroxylation is 1. The molecule has 62 valence electrons. The van der Waals surface area contributed by atoms with Crippen molar-refractivity contribution in [3.8, 4) is 6.07 Å². The Morgan fingerprint density at radius 1 is 1.25 bits per heavy atom. The summed E-state index contributed by atoms with van der Waals surface area (Å²) in [6, 6.07) is 8.16. The molecule has 0 radical (unpaired) electrons. The van der Waals surface area contributed by atoms with Crippen LogP contribution < -0.4 is 0 Å². The minimum absolute atomic E-state index is 0.830. The highest BCUT2D eigenvalue weighted by Gasteiger charge is 2.03. The Kier molecular flexibility index (Phi) is 2.88. The van der Waals surface area contributed by atoms with E-state index in [4.69, 9.17) is 5.26 Å². The number of nitriles is 1. The lowest BCUT2D eigenvalue weighted by Crippen LogP contribution is -1.94. The van der Waals surface area contributed by atoms with Crippen LogP contribution in [0.2, 0.25) is 0 Å². The van der Waals surface area contributed by atoms with Gasteiger partial charge in [-0.15, -0.1) is 0 Å². The molecule has 12 heavy (non-hydrogen) atoms. The summed E-state index contributed by atoms with van der Waals surface area (Å²) >= 11 is 0. The minimum atomic E-state index is 0.830. The molecule has 0 N–H and O–H groups in total. The molecular weight excluding hydrogens is 146 g/mol. The summed E-state index contributed by atoms with van der Waals surface area (Å²) in [6.07, 6.45) is 1.96. The highest BCUT2D eigenvalue weighted by Crippen LogP contribution is 2.15. The summed E-state index contributed by atoms with van der Waals surface area (Å²) in [6.45, 7) is 4.21. The summed E-state index contributed by atoms with van der Waals surface area (Å²) in [5, 5.41) is 8.82. The summed E-state index contributed by atoms with van der Waals surface area (Å²) in [4.78, 5) is 0. The van der Waals surface area contributed by atoms with Crippen LogP contribution in [0.3, 0.4) is 0 Å². The van der Waals surface area contributed by atoms with E-state index in [0.29, 0.717) is 0 Å². The van der Waals surface area contributed by atoms with Gasteiger partial charge in [-0.25, -0.2) is 0 Å². The lowest BCUT2D eigenvalue weighted by molar-refractivity contribution is 1.03. The predicted molar refractivity (Wildman–Crippen MR) is 49.9 cm³/mol. The van der Waals surface area contributed by atoms with Crippen molar-refractivity contribution in [1.82, 2.24) is 0 Å². The van der Waals surface area contributed by atoms with E-state index in [2.05, 4.69) is 26.0 Å². The van der Waals surface area contributed by atoms with Gasteiger partial charge in [0, 0.05) is 0 Å². The molecule has 0 aliphatic carbocycles. The van der Waals surface area contributed by atoms with Gasteiger partial charge in [-0.3, -0.25) is 0 Å². The van der Waals surface area contributed by atoms with Crippen molar-refractivity contribution in [2.75, 3.05) is 0 Å². The molecule has 0 saturated carbocycles. The molecule has 0 spiro atoms. The number of hydrogen-bond donors (Lipinski definition) is 0. The van der Waals surface area contributed by atoms with Gasteiger partial charge in [0.15, 0.2) is 0 Å². The molecule has 0 fully saturated rings. The molecule has 1 rings (SSSR count). The van der Waals surface area contributed by atoms with E-state index in [1.807, 2.05) is 12.1 Å². The maximum absolute atomic E-state index is 8.82. The van der Waals surface area contributed by atoms with Crippen LogP contribution in [0.25, 0.3) is 0 Å². The summed E-state index contributed by atoms with van der Waals surface area (Å²) < 4.78 is 0. The lowest BCUT2D eigenvalue weighted by atomic mass is 9.98. The van der Waals surface area contributed by atoms with Crippen LogP contribution in [0.4, 0.5) is 0 Å². The fourth-order valence-electron chi connectivity index (χ4n) is 1.49. The van der Waals surface area contributed by atoms with Crippen LogP contribution in [0, 0.1) is 11.3 Å². The first-order chi connectivity index (χ1) is 5.83. The molecule has 1 nitrogen and oxygen atoms in total. The van der Waals surface area contributed by atoms with Crippen LogP contribution >= 0.6 is 0 Å². The second-order valence-electron chi connectivity index (χ2n) is 2.76. The first-order valence-corrected chi connectivity index (χ1v) is 4.34. The van der Waals surface area contributed by atoms with E-state index in [-0.39, 0.29) is 0 Å². The fourth-order valence-corrected chi connectivity index (χ4v) is 1.49. The van der Waals surface area contributed by atoms with Crippen molar-refractivity contribution < 1.29 is 0 Å². The van der Waals surface area contributed by atoms with E-state index < -0.39 is 0 Å². The Balaban J connectivity index is 3.24. The lowest BCUT2D eigenvalue weighted by Gasteiger charge is -2.06. The average molecular weight is 159 g/mol. The molecule has 0 saturated heterocycles. The fraction of sp³-hybridized carbons (Fsp3) is 0.364. The number of benzene rings is 1. The summed E-state index contributed by atoms with van der Waals surface area (Å²) in [7, 11) is 0. The van der Waals surface area contributed by atoms with Gasteiger partial charge in [0.1, 0.15) is 0 Å². The maximum Gasteiger partial charge on any atom is 0.0994 e. The van der Waals surface area contributed by atoms with E-state index in [0.717, 1.165) is 18.4 Å². The number of rotatable bonds is 2. The molecule has 1 heteroatoms. The molecule has 0 aliphatic heterocycles. The number of nitrogens with zero attached hydrogens (tertiary/aromatic N) is 1. The minimum Gasteiger partial charge on any atom is -0.192 e. The Morgan fingerprint density at radius 3 is 2.50 bits per heavy atom. The molecule has 0 amide bonds. The molecule has 1 aromatic rings. The monoisotopic (exact) mass is 159 g/mol. The standard InChI is InChI=1S/C11H13N/c1-3-9-6-5-7-10(8-12)11(9)4-2/h5-7H,3-4H2,1-2H3. The van der Waals surface area contributed by atoms with Gasteiger partial charge in [-0.05, 0) is 30.0 Å². The highest BCUT2D eigenvalue weighted by atomic mass is 14.2. The highest BCUT2D eigenvalue weighted by molar-refractivity contribution is 5.42. The first-order valence-electron chi connectivity index (χ1n) is 4.34. The third-order valence-electron chi connectivity index (χ3n) is 2.13. The molecule has 0 atom stereocenters. The first kappa shape index (κ1) is 8.80. The molecule has 0 aromatic heterocycles. The van der Waals surface area contributed by atoms with Gasteiger partial charge >= 0.3 is 0 Å². The largest absolute Gasteiger partial charge is 0.192 e. The zero-order valence-electron chi connectivity index (χ0n) is 7.59. The van der Waals surface area contributed by atoms with Crippen LogP contribution in [-0.4, -0.2) is 0 Å². The molecule has 1 aromatic carbocycles. The summed E-state index contributed by atoms with van der Waals surface area (Å²) in [5.41, 5.74) is 3.34. The molecular formula is C11H13N. The van der Waals surface area contributed by atoms with Crippen LogP contribution in [0.15, 0.2) is 18.2 Å². The van der Waals surface area contributed by atoms with Crippen molar-refractivity contribution in [2.24, 2.45) is 0 Å². The van der Waals surface area contributed by atoms with Crippen molar-refractivity contribution >= 4 is 0 Å². The summed E-state index contributed by atoms with van der Waals surface area (Å²) in [5.74, 6) is 0. The van der Waals surface area contributed by atoms with Gasteiger partial charge in [0.05, 0.1) is 11.6 Å². The van der Waals surface area contributed by atoms with Crippen LogP contribution in [0.5, 0.6) is 0 Å². The zero-order valence-corrected chi connectivity index (χ0v) is 7.59. The van der Waals surface area contributed by atoms with Crippen molar-refractivity contribution in [3.05, 3.63) is 34.9 Å². The molecule has 0 aliphatic rings. The van der Waals surface area contributed by atoms with Crippen LogP contribution in [0.1, 0.15) is 30.5 Å². The average Bonchev–Trinajstić information content (AvgIpc) is 2.16. The second-order valence-corrected chi connectivity index (χ2v) is 2.76. The Labute approximate surface area is 73.6 Å². The SMILES string of the molecule is CCc1cccc(C#N)c1CC. The third-order valence-corrected chi connectivity index (χ3v) is 2.13. The molecule has 0 unspecified atom stereocenters. The topological polar surface area (TPSA) is 23.8 Å². The van der Waals surface area contributed by atoms with E-state index in [9.17, 15) is 0 Å². The van der Waals surface area contributed by atoms with E-state index >= 15 is 0 Å². The Hall–Kier alpha value is -1.29. The van der Waals surface area contributed by atoms with Gasteiger partial charge in [-0.1, -0.05) is 26.0 Å². The molecule has 0 bridgehead atoms. The molecule has 0 heterocycles. The van der Waals surface area contributed by atoms with Crippen LogP contribution in [-0.2, 0) is 12.8 Å². The smallest absolute Gasteiger partial charge is 0.0994 e. The van der Waals surface area contributed by atoms with Crippen molar-refractivity contribution in [1.29, 1.82) is 5.26 Å². The van der Waals surface area contributed by atoms with Gasteiger partial charge in [0.25, 0.3) is 0 Å². The van der Waals surface area contributed by atoms with Crippen molar-refractivity contribution in [3.63, 3.8) is 0 Å². The normalized spacial score (nSPS) is 9.42. The van der Waals surface area contributed by atoms with Crippen molar-refractivity contribution in [2.45, 2.75) is 26.7 Å². The quantitative estimate of drug-likeness (QED) is 0.650.